The monoisotopic (exact) mass is 273 g/mol. The minimum atomic E-state index is -2.89. The van der Waals surface area contributed by atoms with Crippen LogP contribution in [-0.4, -0.2) is 55.2 Å². The Labute approximate surface area is 109 Å². The Kier molecular flexibility index (Phi) is 3.19. The summed E-state index contributed by atoms with van der Waals surface area (Å²) in [6.45, 7) is 3.52. The van der Waals surface area contributed by atoms with Crippen LogP contribution in [0.1, 0.15) is 26.2 Å². The highest BCUT2D eigenvalue weighted by molar-refractivity contribution is 7.91. The first-order chi connectivity index (χ1) is 8.52. The van der Waals surface area contributed by atoms with Crippen molar-refractivity contribution in [2.75, 3.05) is 24.6 Å². The van der Waals surface area contributed by atoms with Gasteiger partial charge in [0, 0.05) is 24.9 Å². The predicted octanol–water partition coefficient (Wildman–Crippen LogP) is 0.512. The highest BCUT2D eigenvalue weighted by atomic mass is 32.2. The van der Waals surface area contributed by atoms with E-state index in [1.54, 1.807) is 0 Å². The molecule has 5 heteroatoms. The molecule has 4 nitrogen and oxygen atoms in total. The third-order valence-electron chi connectivity index (χ3n) is 5.15. The Bertz CT molecular complexity index is 420. The summed E-state index contributed by atoms with van der Waals surface area (Å²) in [6, 6.07) is 0.255. The van der Waals surface area contributed by atoms with E-state index in [-0.39, 0.29) is 17.9 Å². The van der Waals surface area contributed by atoms with E-state index in [2.05, 4.69) is 4.90 Å². The number of fused-ring (bicyclic) bond motifs is 1. The van der Waals surface area contributed by atoms with E-state index in [1.165, 1.54) is 0 Å². The lowest BCUT2D eigenvalue weighted by atomic mass is 9.88. The number of hydrogen-bond donors (Lipinski definition) is 1. The summed E-state index contributed by atoms with van der Waals surface area (Å²) in [7, 11) is -2.89. The Morgan fingerprint density at radius 2 is 2.00 bits per heavy atom. The van der Waals surface area contributed by atoms with Crippen LogP contribution < -0.4 is 0 Å². The zero-order valence-corrected chi connectivity index (χ0v) is 11.8. The fourth-order valence-corrected chi connectivity index (χ4v) is 5.80. The first-order valence-electron chi connectivity index (χ1n) is 7.14. The fourth-order valence-electron chi connectivity index (χ4n) is 4.46. The lowest BCUT2D eigenvalue weighted by molar-refractivity contribution is 0.0531. The van der Waals surface area contributed by atoms with E-state index in [4.69, 9.17) is 0 Å². The molecule has 0 aromatic carbocycles. The van der Waals surface area contributed by atoms with Crippen molar-refractivity contribution in [3.05, 3.63) is 0 Å². The van der Waals surface area contributed by atoms with Gasteiger partial charge < -0.3 is 5.11 Å². The Morgan fingerprint density at radius 3 is 2.67 bits per heavy atom. The molecule has 1 aliphatic heterocycles. The lowest BCUT2D eigenvalue weighted by Crippen LogP contribution is -2.42. The van der Waals surface area contributed by atoms with Crippen molar-refractivity contribution in [1.82, 2.24) is 4.90 Å². The summed E-state index contributed by atoms with van der Waals surface area (Å²) in [5.41, 5.74) is 0. The van der Waals surface area contributed by atoms with Crippen molar-refractivity contribution in [2.45, 2.75) is 38.3 Å². The first kappa shape index (κ1) is 12.9. The van der Waals surface area contributed by atoms with Crippen molar-refractivity contribution in [2.24, 2.45) is 17.8 Å². The summed E-state index contributed by atoms with van der Waals surface area (Å²) in [6.07, 6.45) is 2.80. The fraction of sp³-hybridized carbons (Fsp3) is 1.00. The molecule has 18 heavy (non-hydrogen) atoms. The van der Waals surface area contributed by atoms with Gasteiger partial charge in [-0.2, -0.15) is 0 Å². The topological polar surface area (TPSA) is 57.6 Å². The van der Waals surface area contributed by atoms with Crippen LogP contribution in [0.2, 0.25) is 0 Å². The molecule has 0 amide bonds. The second-order valence-corrected chi connectivity index (χ2v) is 8.59. The van der Waals surface area contributed by atoms with Crippen molar-refractivity contribution in [3.8, 4) is 0 Å². The molecular weight excluding hydrogens is 250 g/mol. The summed E-state index contributed by atoms with van der Waals surface area (Å²) < 4.78 is 23.5. The molecule has 0 aromatic rings. The summed E-state index contributed by atoms with van der Waals surface area (Å²) in [5, 5.41) is 10.2. The second kappa shape index (κ2) is 4.46. The third kappa shape index (κ3) is 2.00. The van der Waals surface area contributed by atoms with Gasteiger partial charge in [0.15, 0.2) is 9.84 Å². The van der Waals surface area contributed by atoms with Gasteiger partial charge in [-0.1, -0.05) is 6.92 Å². The highest BCUT2D eigenvalue weighted by Crippen LogP contribution is 2.54. The van der Waals surface area contributed by atoms with Crippen LogP contribution >= 0.6 is 0 Å². The van der Waals surface area contributed by atoms with Crippen LogP contribution in [-0.2, 0) is 9.84 Å². The first-order valence-corrected chi connectivity index (χ1v) is 8.96. The molecule has 1 N–H and O–H groups in total. The summed E-state index contributed by atoms with van der Waals surface area (Å²) in [4.78, 5) is 2.25. The third-order valence-corrected chi connectivity index (χ3v) is 6.99. The molecule has 0 spiro atoms. The van der Waals surface area contributed by atoms with Gasteiger partial charge >= 0.3 is 0 Å². The molecule has 0 aromatic heterocycles. The number of rotatable bonds is 5. The van der Waals surface area contributed by atoms with Gasteiger partial charge in [-0.25, -0.2) is 8.42 Å². The average molecular weight is 273 g/mol. The van der Waals surface area contributed by atoms with Gasteiger partial charge in [0.05, 0.1) is 11.9 Å². The second-order valence-electron chi connectivity index (χ2n) is 6.28. The molecule has 2 aliphatic carbocycles. The molecule has 5 unspecified atom stereocenters. The molecule has 1 heterocycles. The van der Waals surface area contributed by atoms with E-state index in [0.717, 1.165) is 25.3 Å². The number of likely N-dealkylation sites (tertiary alicyclic amines) is 1. The van der Waals surface area contributed by atoms with E-state index in [1.807, 2.05) is 6.92 Å². The van der Waals surface area contributed by atoms with E-state index in [0.29, 0.717) is 30.6 Å². The van der Waals surface area contributed by atoms with Gasteiger partial charge in [-0.15, -0.1) is 0 Å². The molecule has 2 saturated carbocycles. The lowest BCUT2D eigenvalue weighted by Gasteiger charge is -2.28. The van der Waals surface area contributed by atoms with Crippen LogP contribution in [0, 0.1) is 17.8 Å². The molecule has 3 aliphatic rings. The molecule has 3 rings (SSSR count). The van der Waals surface area contributed by atoms with Crippen LogP contribution in [0.25, 0.3) is 0 Å². The molecular formula is C13H23NO3S. The maximum atomic E-state index is 11.8. The van der Waals surface area contributed by atoms with E-state index < -0.39 is 9.84 Å². The molecule has 0 radical (unpaired) electrons. The van der Waals surface area contributed by atoms with E-state index in [9.17, 15) is 13.5 Å². The maximum absolute atomic E-state index is 11.8. The maximum Gasteiger partial charge on any atom is 0.151 e. The standard InChI is InChI=1S/C13H23NO3S/c1-2-4-18(16,17)5-3-14-8-10-6-9-7-11(10)12(14)13(9)15/h9-13,15H,2-8H2,1H3. The zero-order valence-electron chi connectivity index (χ0n) is 11.0. The van der Waals surface area contributed by atoms with Crippen LogP contribution in [0.3, 0.4) is 0 Å². The number of sulfone groups is 1. The van der Waals surface area contributed by atoms with Gasteiger partial charge in [-0.3, -0.25) is 4.90 Å². The highest BCUT2D eigenvalue weighted by Gasteiger charge is 2.58. The van der Waals surface area contributed by atoms with Gasteiger partial charge in [-0.05, 0) is 37.0 Å². The van der Waals surface area contributed by atoms with Gasteiger partial charge in [0.2, 0.25) is 0 Å². The molecule has 3 fully saturated rings. The van der Waals surface area contributed by atoms with Crippen LogP contribution in [0.4, 0.5) is 0 Å². The van der Waals surface area contributed by atoms with Crippen molar-refractivity contribution in [1.29, 1.82) is 0 Å². The normalized spacial score (nSPS) is 42.9. The van der Waals surface area contributed by atoms with Crippen LogP contribution in [0.5, 0.6) is 0 Å². The van der Waals surface area contributed by atoms with Gasteiger partial charge in [0.1, 0.15) is 0 Å². The molecule has 1 saturated heterocycles. The Morgan fingerprint density at radius 1 is 1.22 bits per heavy atom. The minimum Gasteiger partial charge on any atom is -0.391 e. The van der Waals surface area contributed by atoms with Crippen LogP contribution in [0.15, 0.2) is 0 Å². The molecule has 2 bridgehead atoms. The number of aliphatic hydroxyl groups excluding tert-OH is 1. The quantitative estimate of drug-likeness (QED) is 0.793. The molecule has 104 valence electrons. The summed E-state index contributed by atoms with van der Waals surface area (Å²) >= 11 is 0. The Balaban J connectivity index is 1.62. The SMILES string of the molecule is CCCS(=O)(=O)CCN1CC2CC3CC2C1C3O. The largest absolute Gasteiger partial charge is 0.391 e. The van der Waals surface area contributed by atoms with Crippen molar-refractivity contribution >= 4 is 9.84 Å². The zero-order chi connectivity index (χ0) is 12.9. The summed E-state index contributed by atoms with van der Waals surface area (Å²) in [5.74, 6) is 2.40. The van der Waals surface area contributed by atoms with Gasteiger partial charge in [0.25, 0.3) is 0 Å². The van der Waals surface area contributed by atoms with E-state index >= 15 is 0 Å². The van der Waals surface area contributed by atoms with Crippen molar-refractivity contribution in [3.63, 3.8) is 0 Å². The average Bonchev–Trinajstić information content (AvgIpc) is 2.87. The Hall–Kier alpha value is -0.130. The number of hydrogen-bond acceptors (Lipinski definition) is 4. The number of aliphatic hydroxyl groups is 1. The van der Waals surface area contributed by atoms with Crippen molar-refractivity contribution < 1.29 is 13.5 Å². The smallest absolute Gasteiger partial charge is 0.151 e. The minimum absolute atomic E-state index is 0.206. The molecule has 5 atom stereocenters. The predicted molar refractivity (Wildman–Crippen MR) is 70.0 cm³/mol. The number of nitrogens with zero attached hydrogens (tertiary/aromatic N) is 1.